The molecule has 118 valence electrons. The lowest BCUT2D eigenvalue weighted by Gasteiger charge is -2.12. The maximum absolute atomic E-state index is 12.3. The van der Waals surface area contributed by atoms with Crippen molar-refractivity contribution in [2.24, 2.45) is 0 Å². The Morgan fingerprint density at radius 3 is 2.96 bits per heavy atom. The highest BCUT2D eigenvalue weighted by atomic mass is 35.5. The van der Waals surface area contributed by atoms with E-state index in [9.17, 15) is 4.79 Å². The van der Waals surface area contributed by atoms with Gasteiger partial charge in [0.05, 0.1) is 15.3 Å². The van der Waals surface area contributed by atoms with Crippen molar-refractivity contribution < 1.29 is 4.79 Å². The summed E-state index contributed by atoms with van der Waals surface area (Å²) in [6, 6.07) is 3.48. The lowest BCUT2D eigenvalue weighted by molar-refractivity contribution is -0.115. The van der Waals surface area contributed by atoms with Gasteiger partial charge in [-0.2, -0.15) is 0 Å². The monoisotopic (exact) mass is 384 g/mol. The molecular formula is C14H10Cl2N4OS2. The van der Waals surface area contributed by atoms with E-state index in [1.165, 1.54) is 41.7 Å². The van der Waals surface area contributed by atoms with Crippen LogP contribution in [0.4, 0.5) is 5.82 Å². The summed E-state index contributed by atoms with van der Waals surface area (Å²) in [4.78, 5) is 25.7. The predicted octanol–water partition coefficient (Wildman–Crippen LogP) is 4.51. The van der Waals surface area contributed by atoms with Crippen molar-refractivity contribution in [3.8, 4) is 0 Å². The van der Waals surface area contributed by atoms with Crippen molar-refractivity contribution in [1.82, 2.24) is 15.0 Å². The van der Waals surface area contributed by atoms with Gasteiger partial charge in [0.25, 0.3) is 0 Å². The predicted molar refractivity (Wildman–Crippen MR) is 95.6 cm³/mol. The number of hydrogen-bond donors (Lipinski definition) is 1. The number of nitrogens with zero attached hydrogens (tertiary/aromatic N) is 3. The van der Waals surface area contributed by atoms with Crippen LogP contribution in [-0.4, -0.2) is 26.1 Å². The van der Waals surface area contributed by atoms with Gasteiger partial charge in [-0.25, -0.2) is 15.0 Å². The quantitative estimate of drug-likeness (QED) is 0.529. The molecule has 0 aromatic carbocycles. The summed E-state index contributed by atoms with van der Waals surface area (Å²) in [6.45, 7) is 1.80. The molecule has 0 aliphatic rings. The number of fused-ring (bicyclic) bond motifs is 1. The van der Waals surface area contributed by atoms with Crippen LogP contribution in [0.1, 0.15) is 6.92 Å². The molecule has 3 aromatic rings. The molecule has 0 saturated heterocycles. The second kappa shape index (κ2) is 7.00. The van der Waals surface area contributed by atoms with E-state index >= 15 is 0 Å². The molecule has 5 nitrogen and oxygen atoms in total. The number of thioether (sulfide) groups is 1. The molecule has 9 heteroatoms. The standard InChI is InChI=1S/C14H10Cl2N4OS2/c1-7(12(21)20-11-10(16)4-8(15)5-17-11)23-14-9-2-3-22-13(9)18-6-19-14/h2-7H,1H3,(H,17,20,21)/t7-/m0/s1. The van der Waals surface area contributed by atoms with E-state index in [-0.39, 0.29) is 17.0 Å². The Bertz CT molecular complexity index is 871. The maximum atomic E-state index is 12.3. The van der Waals surface area contributed by atoms with Gasteiger partial charge in [0, 0.05) is 11.6 Å². The first-order valence-electron chi connectivity index (χ1n) is 6.51. The first-order valence-corrected chi connectivity index (χ1v) is 9.03. The number of halogens is 2. The van der Waals surface area contributed by atoms with Gasteiger partial charge in [-0.15, -0.1) is 11.3 Å². The molecule has 1 atom stereocenters. The minimum atomic E-state index is -0.374. The SMILES string of the molecule is C[C@H](Sc1ncnc2sccc12)C(=O)Nc1ncc(Cl)cc1Cl. The molecule has 0 unspecified atom stereocenters. The van der Waals surface area contributed by atoms with E-state index in [0.29, 0.717) is 10.0 Å². The van der Waals surface area contributed by atoms with Gasteiger partial charge < -0.3 is 5.32 Å². The molecule has 0 aliphatic heterocycles. The number of carbonyl (C=O) groups is 1. The first kappa shape index (κ1) is 16.4. The molecule has 3 aromatic heterocycles. The molecule has 0 aliphatic carbocycles. The first-order chi connectivity index (χ1) is 11.0. The van der Waals surface area contributed by atoms with E-state index in [1.54, 1.807) is 6.92 Å². The molecule has 1 N–H and O–H groups in total. The minimum Gasteiger partial charge on any atom is -0.308 e. The second-order valence-electron chi connectivity index (χ2n) is 4.55. The molecule has 3 rings (SSSR count). The van der Waals surface area contributed by atoms with Crippen LogP contribution in [0.25, 0.3) is 10.2 Å². The van der Waals surface area contributed by atoms with Crippen molar-refractivity contribution in [3.63, 3.8) is 0 Å². The van der Waals surface area contributed by atoms with Crippen molar-refractivity contribution in [2.75, 3.05) is 5.32 Å². The number of aromatic nitrogens is 3. The Morgan fingerprint density at radius 2 is 2.17 bits per heavy atom. The van der Waals surface area contributed by atoms with Crippen LogP contribution in [0.15, 0.2) is 35.1 Å². The number of thiophene rings is 1. The number of amides is 1. The fourth-order valence-electron chi connectivity index (χ4n) is 1.81. The summed E-state index contributed by atoms with van der Waals surface area (Å²) in [7, 11) is 0. The summed E-state index contributed by atoms with van der Waals surface area (Å²) in [5.74, 6) is 0.0746. The van der Waals surface area contributed by atoms with Crippen LogP contribution in [0.2, 0.25) is 10.0 Å². The average molecular weight is 385 g/mol. The van der Waals surface area contributed by atoms with Gasteiger partial charge >= 0.3 is 0 Å². The largest absolute Gasteiger partial charge is 0.308 e. The Balaban J connectivity index is 1.74. The van der Waals surface area contributed by atoms with Crippen molar-refractivity contribution in [3.05, 3.63) is 40.1 Å². The van der Waals surface area contributed by atoms with E-state index in [2.05, 4.69) is 20.3 Å². The average Bonchev–Trinajstić information content (AvgIpc) is 2.99. The van der Waals surface area contributed by atoms with E-state index in [4.69, 9.17) is 23.2 Å². The molecule has 1 amide bonds. The van der Waals surface area contributed by atoms with Gasteiger partial charge in [-0.1, -0.05) is 35.0 Å². The lowest BCUT2D eigenvalue weighted by Crippen LogP contribution is -2.23. The van der Waals surface area contributed by atoms with E-state index < -0.39 is 0 Å². The zero-order valence-electron chi connectivity index (χ0n) is 11.8. The summed E-state index contributed by atoms with van der Waals surface area (Å²) >= 11 is 14.7. The van der Waals surface area contributed by atoms with Gasteiger partial charge in [-0.05, 0) is 24.4 Å². The number of nitrogens with one attached hydrogen (secondary N) is 1. The van der Waals surface area contributed by atoms with Gasteiger partial charge in [-0.3, -0.25) is 4.79 Å². The molecule has 0 saturated carbocycles. The highest BCUT2D eigenvalue weighted by Gasteiger charge is 2.18. The number of rotatable bonds is 4. The van der Waals surface area contributed by atoms with Crippen LogP contribution in [0.3, 0.4) is 0 Å². The van der Waals surface area contributed by atoms with Crippen LogP contribution in [0, 0.1) is 0 Å². The highest BCUT2D eigenvalue weighted by Crippen LogP contribution is 2.31. The van der Waals surface area contributed by atoms with Crippen molar-refractivity contribution in [2.45, 2.75) is 17.2 Å². The molecule has 0 bridgehead atoms. The molecule has 0 spiro atoms. The van der Waals surface area contributed by atoms with Gasteiger partial charge in [0.2, 0.25) is 5.91 Å². The number of anilines is 1. The Hall–Kier alpha value is -1.41. The van der Waals surface area contributed by atoms with Crippen molar-refractivity contribution in [1.29, 1.82) is 0 Å². The van der Waals surface area contributed by atoms with Crippen LogP contribution >= 0.6 is 46.3 Å². The van der Waals surface area contributed by atoms with Crippen molar-refractivity contribution >= 4 is 68.2 Å². The third-order valence-corrected chi connectivity index (χ3v) is 5.36. The molecular weight excluding hydrogens is 375 g/mol. The lowest BCUT2D eigenvalue weighted by atomic mass is 10.4. The highest BCUT2D eigenvalue weighted by molar-refractivity contribution is 8.00. The van der Waals surface area contributed by atoms with Gasteiger partial charge in [0.1, 0.15) is 16.2 Å². The van der Waals surface area contributed by atoms with Gasteiger partial charge in [0.15, 0.2) is 5.82 Å². The van der Waals surface area contributed by atoms with E-state index in [0.717, 1.165) is 15.2 Å². The normalized spacial score (nSPS) is 12.3. The Labute approximate surface area is 150 Å². The molecule has 0 radical (unpaired) electrons. The third-order valence-electron chi connectivity index (χ3n) is 2.93. The van der Waals surface area contributed by atoms with Crippen LogP contribution in [0.5, 0.6) is 0 Å². The maximum Gasteiger partial charge on any atom is 0.238 e. The summed E-state index contributed by atoms with van der Waals surface area (Å²) in [6.07, 6.45) is 2.93. The second-order valence-corrected chi connectivity index (χ2v) is 7.62. The zero-order valence-corrected chi connectivity index (χ0v) is 14.9. The zero-order chi connectivity index (χ0) is 16.4. The fraction of sp³-hybridized carbons (Fsp3) is 0.143. The molecule has 23 heavy (non-hydrogen) atoms. The molecule has 3 heterocycles. The Morgan fingerprint density at radius 1 is 1.35 bits per heavy atom. The minimum absolute atomic E-state index is 0.214. The topological polar surface area (TPSA) is 67.8 Å². The number of hydrogen-bond acceptors (Lipinski definition) is 6. The number of pyridine rings is 1. The molecule has 0 fully saturated rings. The van der Waals surface area contributed by atoms with E-state index in [1.807, 2.05) is 11.4 Å². The smallest absolute Gasteiger partial charge is 0.238 e. The van der Waals surface area contributed by atoms with Crippen LogP contribution in [-0.2, 0) is 4.79 Å². The fourth-order valence-corrected chi connectivity index (χ4v) is 3.93. The third kappa shape index (κ3) is 3.74. The summed E-state index contributed by atoms with van der Waals surface area (Å²) in [5.41, 5.74) is 0. The number of carbonyl (C=O) groups excluding carboxylic acids is 1. The summed E-state index contributed by atoms with van der Waals surface area (Å²) in [5, 5.41) is 6.70. The Kier molecular flexibility index (Phi) is 5.01. The van der Waals surface area contributed by atoms with Crippen LogP contribution < -0.4 is 5.32 Å². The summed E-state index contributed by atoms with van der Waals surface area (Å²) < 4.78 is 0.